The molecule has 0 spiro atoms. The van der Waals surface area contributed by atoms with Gasteiger partial charge in [0, 0.05) is 13.2 Å². The van der Waals surface area contributed by atoms with Crippen LogP contribution in [0, 0.1) is 0 Å². The largest absolute Gasteiger partial charge is 0.479 e. The maximum absolute atomic E-state index is 12.7. The van der Waals surface area contributed by atoms with Gasteiger partial charge in [0.2, 0.25) is 0 Å². The number of amides is 1. The zero-order valence-electron chi connectivity index (χ0n) is 15.1. The molecule has 0 aromatic heterocycles. The Labute approximate surface area is 148 Å². The van der Waals surface area contributed by atoms with E-state index in [2.05, 4.69) is 0 Å². The summed E-state index contributed by atoms with van der Waals surface area (Å²) in [4.78, 5) is 26.2. The minimum Gasteiger partial charge on any atom is -0.479 e. The van der Waals surface area contributed by atoms with Crippen molar-refractivity contribution in [3.05, 3.63) is 35.9 Å². The number of hydrogen-bond acceptors (Lipinski definition) is 4. The number of ether oxygens (including phenoxy) is 2. The second-order valence-electron chi connectivity index (χ2n) is 6.78. The van der Waals surface area contributed by atoms with Crippen LogP contribution in [0.4, 0.5) is 4.79 Å². The van der Waals surface area contributed by atoms with Crippen molar-refractivity contribution >= 4 is 12.1 Å². The van der Waals surface area contributed by atoms with Crippen molar-refractivity contribution < 1.29 is 24.2 Å². The summed E-state index contributed by atoms with van der Waals surface area (Å²) in [6.07, 6.45) is 1.40. The summed E-state index contributed by atoms with van der Waals surface area (Å²) in [6.45, 7) is 3.76. The van der Waals surface area contributed by atoms with Crippen molar-refractivity contribution in [3.63, 3.8) is 0 Å². The number of benzene rings is 1. The monoisotopic (exact) mass is 349 g/mol. The first-order valence-corrected chi connectivity index (χ1v) is 8.67. The minimum atomic E-state index is -1.24. The van der Waals surface area contributed by atoms with Crippen molar-refractivity contribution in [1.82, 2.24) is 4.90 Å². The molecule has 1 aliphatic carbocycles. The van der Waals surface area contributed by atoms with Gasteiger partial charge in [0.25, 0.3) is 0 Å². The van der Waals surface area contributed by atoms with E-state index in [0.29, 0.717) is 25.7 Å². The Bertz CT molecular complexity index is 579. The predicted octanol–water partition coefficient (Wildman–Crippen LogP) is 3.45. The lowest BCUT2D eigenvalue weighted by atomic mass is 9.78. The van der Waals surface area contributed by atoms with Crippen LogP contribution in [0.3, 0.4) is 0 Å². The van der Waals surface area contributed by atoms with Crippen molar-refractivity contribution in [2.45, 2.75) is 63.8 Å². The fourth-order valence-electron chi connectivity index (χ4n) is 3.53. The molecule has 138 valence electrons. The zero-order valence-corrected chi connectivity index (χ0v) is 15.1. The number of carbonyl (C=O) groups is 2. The number of carboxylic acids is 1. The molecule has 0 atom stereocenters. The minimum absolute atomic E-state index is 0.0434. The van der Waals surface area contributed by atoms with E-state index in [1.165, 1.54) is 4.90 Å². The third-order valence-electron chi connectivity index (χ3n) is 4.87. The van der Waals surface area contributed by atoms with E-state index in [0.717, 1.165) is 5.56 Å². The first kappa shape index (κ1) is 19.2. The molecule has 1 aliphatic rings. The van der Waals surface area contributed by atoms with Crippen molar-refractivity contribution in [3.8, 4) is 0 Å². The fraction of sp³-hybridized carbons (Fsp3) is 0.579. The van der Waals surface area contributed by atoms with Crippen LogP contribution in [0.5, 0.6) is 0 Å². The quantitative estimate of drug-likeness (QED) is 0.851. The standard InChI is InChI=1S/C19H27NO5/c1-14(2)20(18(23)25-13-15-7-5-4-6-8-15)19(17(21)22)11-9-16(24-3)10-12-19/h4-8,14,16H,9-13H2,1-3H3,(H,21,22). The summed E-state index contributed by atoms with van der Waals surface area (Å²) in [6, 6.07) is 9.08. The summed E-state index contributed by atoms with van der Waals surface area (Å²) >= 11 is 0. The SMILES string of the molecule is COC1CCC(C(=O)O)(N(C(=O)OCc2ccccc2)C(C)C)CC1. The Kier molecular flexibility index (Phi) is 6.42. The Balaban J connectivity index is 2.16. The number of aliphatic carboxylic acids is 1. The fourth-order valence-corrected chi connectivity index (χ4v) is 3.53. The van der Waals surface area contributed by atoms with Gasteiger partial charge in [-0.2, -0.15) is 0 Å². The molecule has 0 radical (unpaired) electrons. The second kappa shape index (κ2) is 8.34. The summed E-state index contributed by atoms with van der Waals surface area (Å²) < 4.78 is 10.8. The summed E-state index contributed by atoms with van der Waals surface area (Å²) in [5.74, 6) is -0.979. The summed E-state index contributed by atoms with van der Waals surface area (Å²) in [5, 5.41) is 9.91. The van der Waals surface area contributed by atoms with Gasteiger partial charge in [0.15, 0.2) is 0 Å². The average molecular weight is 349 g/mol. The molecule has 1 fully saturated rings. The number of carboxylic acid groups (broad SMARTS) is 1. The molecule has 0 saturated heterocycles. The van der Waals surface area contributed by atoms with Gasteiger partial charge in [-0.25, -0.2) is 9.59 Å². The Morgan fingerprint density at radius 1 is 1.24 bits per heavy atom. The molecule has 2 rings (SSSR count). The van der Waals surface area contributed by atoms with Crippen molar-refractivity contribution in [2.75, 3.05) is 7.11 Å². The van der Waals surface area contributed by atoms with Crippen molar-refractivity contribution in [2.24, 2.45) is 0 Å². The number of nitrogens with zero attached hydrogens (tertiary/aromatic N) is 1. The normalized spacial score (nSPS) is 23.3. The lowest BCUT2D eigenvalue weighted by Crippen LogP contribution is -2.61. The Morgan fingerprint density at radius 3 is 2.32 bits per heavy atom. The van der Waals surface area contributed by atoms with Crippen LogP contribution in [-0.2, 0) is 20.9 Å². The molecule has 0 aliphatic heterocycles. The molecular formula is C19H27NO5. The van der Waals surface area contributed by atoms with E-state index in [-0.39, 0.29) is 18.8 Å². The molecule has 0 heterocycles. The van der Waals surface area contributed by atoms with Gasteiger partial charge in [-0.15, -0.1) is 0 Å². The molecule has 6 heteroatoms. The van der Waals surface area contributed by atoms with Crippen LogP contribution in [-0.4, -0.2) is 46.9 Å². The van der Waals surface area contributed by atoms with Crippen molar-refractivity contribution in [1.29, 1.82) is 0 Å². The molecule has 1 amide bonds. The molecule has 0 unspecified atom stereocenters. The predicted molar refractivity (Wildman–Crippen MR) is 93.2 cm³/mol. The lowest BCUT2D eigenvalue weighted by Gasteiger charge is -2.45. The molecule has 1 aromatic carbocycles. The summed E-state index contributed by atoms with van der Waals surface area (Å²) in [7, 11) is 1.63. The zero-order chi connectivity index (χ0) is 18.4. The van der Waals surface area contributed by atoms with Crippen LogP contribution in [0.15, 0.2) is 30.3 Å². The average Bonchev–Trinajstić information content (AvgIpc) is 2.61. The van der Waals surface area contributed by atoms with E-state index in [4.69, 9.17) is 9.47 Å². The van der Waals surface area contributed by atoms with Gasteiger partial charge in [0.05, 0.1) is 6.10 Å². The molecule has 1 aromatic rings. The number of methoxy groups -OCH3 is 1. The molecule has 25 heavy (non-hydrogen) atoms. The van der Waals surface area contributed by atoms with Crippen LogP contribution in [0.2, 0.25) is 0 Å². The summed E-state index contributed by atoms with van der Waals surface area (Å²) in [5.41, 5.74) is -0.372. The third-order valence-corrected chi connectivity index (χ3v) is 4.87. The maximum Gasteiger partial charge on any atom is 0.411 e. The highest BCUT2D eigenvalue weighted by Crippen LogP contribution is 2.37. The van der Waals surface area contributed by atoms with Gasteiger partial charge >= 0.3 is 12.1 Å². The highest BCUT2D eigenvalue weighted by atomic mass is 16.6. The first-order chi connectivity index (χ1) is 11.9. The topological polar surface area (TPSA) is 76.1 Å². The number of carbonyl (C=O) groups excluding carboxylic acids is 1. The maximum atomic E-state index is 12.7. The van der Waals surface area contributed by atoms with Crippen LogP contribution in [0.1, 0.15) is 45.1 Å². The van der Waals surface area contributed by atoms with Gasteiger partial charge in [0.1, 0.15) is 12.1 Å². The van der Waals surface area contributed by atoms with Gasteiger partial charge in [-0.1, -0.05) is 30.3 Å². The first-order valence-electron chi connectivity index (χ1n) is 8.67. The van der Waals surface area contributed by atoms with E-state index in [9.17, 15) is 14.7 Å². The highest BCUT2D eigenvalue weighted by Gasteiger charge is 2.50. The Hall–Kier alpha value is -2.08. The highest BCUT2D eigenvalue weighted by molar-refractivity contribution is 5.84. The second-order valence-corrected chi connectivity index (χ2v) is 6.78. The molecule has 1 N–H and O–H groups in total. The number of rotatable bonds is 6. The van der Waals surface area contributed by atoms with Gasteiger partial charge in [-0.05, 0) is 45.1 Å². The van der Waals surface area contributed by atoms with Gasteiger partial charge in [-0.3, -0.25) is 4.90 Å². The van der Waals surface area contributed by atoms with E-state index in [1.807, 2.05) is 44.2 Å². The molecule has 0 bridgehead atoms. The van der Waals surface area contributed by atoms with Gasteiger partial charge < -0.3 is 14.6 Å². The van der Waals surface area contributed by atoms with Crippen LogP contribution in [0.25, 0.3) is 0 Å². The van der Waals surface area contributed by atoms with E-state index >= 15 is 0 Å². The van der Waals surface area contributed by atoms with Crippen LogP contribution < -0.4 is 0 Å². The molecule has 1 saturated carbocycles. The van der Waals surface area contributed by atoms with E-state index < -0.39 is 17.6 Å². The van der Waals surface area contributed by atoms with E-state index in [1.54, 1.807) is 7.11 Å². The van der Waals surface area contributed by atoms with Crippen LogP contribution >= 0.6 is 0 Å². The molecular weight excluding hydrogens is 322 g/mol. The Morgan fingerprint density at radius 2 is 1.84 bits per heavy atom. The molecule has 6 nitrogen and oxygen atoms in total. The third kappa shape index (κ3) is 4.31. The number of hydrogen-bond donors (Lipinski definition) is 1. The smallest absolute Gasteiger partial charge is 0.411 e. The lowest BCUT2D eigenvalue weighted by molar-refractivity contribution is -0.156.